The lowest BCUT2D eigenvalue weighted by Crippen LogP contribution is -2.41. The second kappa shape index (κ2) is 5.85. The van der Waals surface area contributed by atoms with Crippen molar-refractivity contribution < 1.29 is 4.79 Å². The maximum atomic E-state index is 12.3. The summed E-state index contributed by atoms with van der Waals surface area (Å²) in [6.07, 6.45) is 0.844. The molecular formula is C14H30N2O. The highest BCUT2D eigenvalue weighted by atomic mass is 16.2. The topological polar surface area (TPSA) is 46.3 Å². The summed E-state index contributed by atoms with van der Waals surface area (Å²) in [6, 6.07) is 0. The van der Waals surface area contributed by atoms with E-state index < -0.39 is 0 Å². The minimum absolute atomic E-state index is 0.0534. The number of hydrogen-bond donors (Lipinski definition) is 1. The zero-order valence-corrected chi connectivity index (χ0v) is 12.6. The lowest BCUT2D eigenvalue weighted by atomic mass is 9.84. The first-order chi connectivity index (χ1) is 7.46. The van der Waals surface area contributed by atoms with Gasteiger partial charge in [-0.15, -0.1) is 0 Å². The molecule has 3 nitrogen and oxygen atoms in total. The molecule has 3 heteroatoms. The third-order valence-corrected chi connectivity index (χ3v) is 2.58. The standard InChI is InChI=1S/C14H30N2O/c1-13(2,3)8-11(9-15)12(17)16(7)10-14(4,5)6/h11H,8-10,15H2,1-7H3. The van der Waals surface area contributed by atoms with Gasteiger partial charge in [-0.1, -0.05) is 41.5 Å². The molecule has 0 aliphatic heterocycles. The Bertz CT molecular complexity index is 248. The molecule has 0 aliphatic rings. The first-order valence-corrected chi connectivity index (χ1v) is 6.41. The van der Waals surface area contributed by atoms with Crippen molar-refractivity contribution in [2.24, 2.45) is 22.5 Å². The van der Waals surface area contributed by atoms with Crippen molar-refractivity contribution in [1.29, 1.82) is 0 Å². The van der Waals surface area contributed by atoms with Crippen LogP contribution in [0.1, 0.15) is 48.0 Å². The fourth-order valence-corrected chi connectivity index (χ4v) is 2.11. The molecule has 0 saturated carbocycles. The van der Waals surface area contributed by atoms with Crippen molar-refractivity contribution >= 4 is 5.91 Å². The van der Waals surface area contributed by atoms with Crippen LogP contribution in [0.4, 0.5) is 0 Å². The average Bonchev–Trinajstić information content (AvgIpc) is 2.08. The predicted molar refractivity (Wildman–Crippen MR) is 73.7 cm³/mol. The maximum absolute atomic E-state index is 12.3. The number of hydrogen-bond acceptors (Lipinski definition) is 2. The van der Waals surface area contributed by atoms with Gasteiger partial charge in [0.25, 0.3) is 0 Å². The van der Waals surface area contributed by atoms with Crippen LogP contribution in [0.3, 0.4) is 0 Å². The summed E-state index contributed by atoms with van der Waals surface area (Å²) >= 11 is 0. The summed E-state index contributed by atoms with van der Waals surface area (Å²) in [4.78, 5) is 14.1. The van der Waals surface area contributed by atoms with Crippen LogP contribution in [0.2, 0.25) is 0 Å². The van der Waals surface area contributed by atoms with Gasteiger partial charge < -0.3 is 10.6 Å². The Morgan fingerprint density at radius 3 is 1.88 bits per heavy atom. The Morgan fingerprint density at radius 1 is 1.12 bits per heavy atom. The highest BCUT2D eigenvalue weighted by molar-refractivity contribution is 5.78. The minimum Gasteiger partial charge on any atom is -0.345 e. The van der Waals surface area contributed by atoms with Crippen molar-refractivity contribution in [3.63, 3.8) is 0 Å². The molecule has 0 saturated heterocycles. The predicted octanol–water partition coefficient (Wildman–Crippen LogP) is 2.50. The number of nitrogens with zero attached hydrogens (tertiary/aromatic N) is 1. The van der Waals surface area contributed by atoms with Crippen molar-refractivity contribution in [2.75, 3.05) is 20.1 Å². The number of carbonyl (C=O) groups is 1. The van der Waals surface area contributed by atoms with E-state index in [1.54, 1.807) is 0 Å². The molecule has 0 fully saturated rings. The smallest absolute Gasteiger partial charge is 0.226 e. The number of rotatable bonds is 4. The van der Waals surface area contributed by atoms with Crippen LogP contribution in [-0.4, -0.2) is 30.9 Å². The summed E-state index contributed by atoms with van der Waals surface area (Å²) in [5, 5.41) is 0. The van der Waals surface area contributed by atoms with E-state index in [1.165, 1.54) is 0 Å². The summed E-state index contributed by atoms with van der Waals surface area (Å²) in [6.45, 7) is 14.1. The van der Waals surface area contributed by atoms with Crippen molar-refractivity contribution in [2.45, 2.75) is 48.0 Å². The van der Waals surface area contributed by atoms with Gasteiger partial charge in [-0.05, 0) is 17.3 Å². The number of nitrogens with two attached hydrogens (primary N) is 1. The number of amides is 1. The molecule has 0 spiro atoms. The zero-order chi connectivity index (χ0) is 13.9. The summed E-state index contributed by atoms with van der Waals surface area (Å²) in [5.74, 6) is 0.125. The van der Waals surface area contributed by atoms with Gasteiger partial charge in [-0.25, -0.2) is 0 Å². The first kappa shape index (κ1) is 16.4. The third kappa shape index (κ3) is 7.37. The van der Waals surface area contributed by atoms with E-state index in [4.69, 9.17) is 5.73 Å². The molecule has 17 heavy (non-hydrogen) atoms. The molecule has 0 bridgehead atoms. The van der Waals surface area contributed by atoms with Gasteiger partial charge in [0.2, 0.25) is 5.91 Å². The second-order valence-corrected chi connectivity index (χ2v) is 7.45. The highest BCUT2D eigenvalue weighted by Crippen LogP contribution is 2.25. The normalized spacial score (nSPS) is 14.6. The van der Waals surface area contributed by atoms with Gasteiger partial charge >= 0.3 is 0 Å². The molecule has 1 atom stereocenters. The molecule has 0 aromatic rings. The molecule has 0 radical (unpaired) electrons. The van der Waals surface area contributed by atoms with Gasteiger partial charge in [0, 0.05) is 20.1 Å². The van der Waals surface area contributed by atoms with Crippen LogP contribution >= 0.6 is 0 Å². The molecular weight excluding hydrogens is 212 g/mol. The quantitative estimate of drug-likeness (QED) is 0.823. The van der Waals surface area contributed by atoms with Crippen LogP contribution in [-0.2, 0) is 4.79 Å². The van der Waals surface area contributed by atoms with Gasteiger partial charge in [0.15, 0.2) is 0 Å². The van der Waals surface area contributed by atoms with Crippen LogP contribution in [0.5, 0.6) is 0 Å². The van der Waals surface area contributed by atoms with E-state index in [-0.39, 0.29) is 22.7 Å². The van der Waals surface area contributed by atoms with E-state index in [0.29, 0.717) is 6.54 Å². The summed E-state index contributed by atoms with van der Waals surface area (Å²) in [7, 11) is 1.87. The van der Waals surface area contributed by atoms with E-state index in [1.807, 2.05) is 11.9 Å². The van der Waals surface area contributed by atoms with E-state index in [0.717, 1.165) is 13.0 Å². The van der Waals surface area contributed by atoms with Crippen molar-refractivity contribution in [3.05, 3.63) is 0 Å². The SMILES string of the molecule is CN(CC(C)(C)C)C(=O)C(CN)CC(C)(C)C. The van der Waals surface area contributed by atoms with Gasteiger partial charge in [-0.3, -0.25) is 4.79 Å². The Hall–Kier alpha value is -0.570. The maximum Gasteiger partial charge on any atom is 0.226 e. The van der Waals surface area contributed by atoms with Crippen molar-refractivity contribution in [1.82, 2.24) is 4.90 Å². The molecule has 0 heterocycles. The Morgan fingerprint density at radius 2 is 1.59 bits per heavy atom. The van der Waals surface area contributed by atoms with Crippen molar-refractivity contribution in [3.8, 4) is 0 Å². The zero-order valence-electron chi connectivity index (χ0n) is 12.6. The number of carbonyl (C=O) groups excluding carboxylic acids is 1. The highest BCUT2D eigenvalue weighted by Gasteiger charge is 2.27. The second-order valence-electron chi connectivity index (χ2n) is 7.45. The molecule has 2 N–H and O–H groups in total. The van der Waals surface area contributed by atoms with E-state index in [2.05, 4.69) is 41.5 Å². The molecule has 0 aliphatic carbocycles. The monoisotopic (exact) mass is 242 g/mol. The van der Waals surface area contributed by atoms with Crippen LogP contribution in [0.15, 0.2) is 0 Å². The molecule has 1 unspecified atom stereocenters. The molecule has 0 rings (SSSR count). The fourth-order valence-electron chi connectivity index (χ4n) is 2.11. The first-order valence-electron chi connectivity index (χ1n) is 6.41. The van der Waals surface area contributed by atoms with Crippen LogP contribution in [0.25, 0.3) is 0 Å². The molecule has 102 valence electrons. The molecule has 0 aromatic heterocycles. The van der Waals surface area contributed by atoms with Crippen LogP contribution < -0.4 is 5.73 Å². The van der Waals surface area contributed by atoms with Gasteiger partial charge in [-0.2, -0.15) is 0 Å². The summed E-state index contributed by atoms with van der Waals surface area (Å²) < 4.78 is 0. The summed E-state index contributed by atoms with van der Waals surface area (Å²) in [5.41, 5.74) is 6.01. The van der Waals surface area contributed by atoms with Crippen LogP contribution in [0, 0.1) is 16.7 Å². The largest absolute Gasteiger partial charge is 0.345 e. The fraction of sp³-hybridized carbons (Fsp3) is 0.929. The third-order valence-electron chi connectivity index (χ3n) is 2.58. The van der Waals surface area contributed by atoms with E-state index >= 15 is 0 Å². The Kier molecular flexibility index (Phi) is 5.66. The minimum atomic E-state index is -0.0534. The van der Waals surface area contributed by atoms with Gasteiger partial charge in [0.1, 0.15) is 0 Å². The Labute approximate surface area is 107 Å². The average molecular weight is 242 g/mol. The lowest BCUT2D eigenvalue weighted by molar-refractivity contribution is -0.136. The van der Waals surface area contributed by atoms with Gasteiger partial charge in [0.05, 0.1) is 5.92 Å². The molecule has 1 amide bonds. The molecule has 0 aromatic carbocycles. The lowest BCUT2D eigenvalue weighted by Gasteiger charge is -2.31. The Balaban J connectivity index is 4.54. The van der Waals surface area contributed by atoms with E-state index in [9.17, 15) is 4.79 Å².